The maximum atomic E-state index is 13.3. The van der Waals surface area contributed by atoms with Crippen LogP contribution >= 0.6 is 0 Å². The van der Waals surface area contributed by atoms with Gasteiger partial charge in [0.05, 0.1) is 0 Å². The highest BCUT2D eigenvalue weighted by atomic mass is 19.1. The van der Waals surface area contributed by atoms with Crippen molar-refractivity contribution in [1.82, 2.24) is 5.32 Å². The highest BCUT2D eigenvalue weighted by Gasteiger charge is 2.23. The lowest BCUT2D eigenvalue weighted by Crippen LogP contribution is -2.27. The molecule has 0 radical (unpaired) electrons. The standard InChI is InChI=1S/C18H28FN/c1-3-14(4-2)10-16(13-20-18-8-9-18)11-15-6-5-7-17(19)12-15/h5-7,12,14,16,18,20H,3-4,8-11,13H2,1-2H3. The highest BCUT2D eigenvalue weighted by molar-refractivity contribution is 5.17. The number of halogens is 1. The van der Waals surface area contributed by atoms with Gasteiger partial charge in [0.1, 0.15) is 5.82 Å². The molecule has 1 aromatic carbocycles. The van der Waals surface area contributed by atoms with Gasteiger partial charge in [-0.05, 0) is 61.8 Å². The molecule has 1 nitrogen and oxygen atoms in total. The molecule has 0 aliphatic heterocycles. The van der Waals surface area contributed by atoms with Gasteiger partial charge in [-0.3, -0.25) is 0 Å². The van der Waals surface area contributed by atoms with E-state index in [-0.39, 0.29) is 5.82 Å². The normalized spacial score (nSPS) is 16.6. The van der Waals surface area contributed by atoms with Crippen molar-refractivity contribution in [2.75, 3.05) is 6.54 Å². The van der Waals surface area contributed by atoms with Gasteiger partial charge in [-0.2, -0.15) is 0 Å². The van der Waals surface area contributed by atoms with Crippen molar-refractivity contribution >= 4 is 0 Å². The molecule has 0 bridgehead atoms. The zero-order chi connectivity index (χ0) is 14.4. The van der Waals surface area contributed by atoms with Crippen molar-refractivity contribution in [3.05, 3.63) is 35.6 Å². The van der Waals surface area contributed by atoms with Crippen LogP contribution in [0.1, 0.15) is 51.5 Å². The monoisotopic (exact) mass is 277 g/mol. The number of nitrogens with one attached hydrogen (secondary N) is 1. The van der Waals surface area contributed by atoms with Crippen molar-refractivity contribution in [2.24, 2.45) is 11.8 Å². The van der Waals surface area contributed by atoms with E-state index in [0.717, 1.165) is 30.5 Å². The molecular weight excluding hydrogens is 249 g/mol. The summed E-state index contributed by atoms with van der Waals surface area (Å²) in [5.41, 5.74) is 1.14. The quantitative estimate of drug-likeness (QED) is 0.697. The molecule has 1 saturated carbocycles. The summed E-state index contributed by atoms with van der Waals surface area (Å²) in [5, 5.41) is 3.65. The van der Waals surface area contributed by atoms with Gasteiger partial charge in [-0.1, -0.05) is 38.8 Å². The predicted molar refractivity (Wildman–Crippen MR) is 83.3 cm³/mol. The molecule has 2 heteroatoms. The third-order valence-corrected chi connectivity index (χ3v) is 4.51. The summed E-state index contributed by atoms with van der Waals surface area (Å²) in [4.78, 5) is 0. The second kappa shape index (κ2) is 7.78. The molecule has 2 rings (SSSR count). The van der Waals surface area contributed by atoms with Crippen LogP contribution in [0, 0.1) is 17.7 Å². The highest BCUT2D eigenvalue weighted by Crippen LogP contribution is 2.24. The third-order valence-electron chi connectivity index (χ3n) is 4.51. The van der Waals surface area contributed by atoms with E-state index in [4.69, 9.17) is 0 Å². The first-order valence-electron chi connectivity index (χ1n) is 8.19. The van der Waals surface area contributed by atoms with Gasteiger partial charge in [-0.15, -0.1) is 0 Å². The van der Waals surface area contributed by atoms with Crippen molar-refractivity contribution in [3.8, 4) is 0 Å². The topological polar surface area (TPSA) is 12.0 Å². The fourth-order valence-electron chi connectivity index (χ4n) is 2.95. The van der Waals surface area contributed by atoms with E-state index in [2.05, 4.69) is 25.2 Å². The van der Waals surface area contributed by atoms with Crippen LogP contribution in [0.3, 0.4) is 0 Å². The van der Waals surface area contributed by atoms with E-state index < -0.39 is 0 Å². The Kier molecular flexibility index (Phi) is 6.03. The number of hydrogen-bond donors (Lipinski definition) is 1. The summed E-state index contributed by atoms with van der Waals surface area (Å²) < 4.78 is 13.3. The average Bonchev–Trinajstić information content (AvgIpc) is 3.26. The predicted octanol–water partition coefficient (Wildman–Crippen LogP) is 4.56. The first-order valence-corrected chi connectivity index (χ1v) is 8.19. The minimum Gasteiger partial charge on any atom is -0.314 e. The molecule has 0 spiro atoms. The fourth-order valence-corrected chi connectivity index (χ4v) is 2.95. The molecule has 0 amide bonds. The summed E-state index contributed by atoms with van der Waals surface area (Å²) in [5.74, 6) is 1.32. The largest absolute Gasteiger partial charge is 0.314 e. The van der Waals surface area contributed by atoms with E-state index in [1.54, 1.807) is 6.07 Å². The Morgan fingerprint density at radius 2 is 1.95 bits per heavy atom. The van der Waals surface area contributed by atoms with Crippen molar-refractivity contribution in [1.29, 1.82) is 0 Å². The van der Waals surface area contributed by atoms with E-state index in [1.165, 1.54) is 38.2 Å². The molecule has 0 aromatic heterocycles. The molecule has 1 atom stereocenters. The molecule has 1 unspecified atom stereocenters. The Balaban J connectivity index is 1.92. The second-order valence-corrected chi connectivity index (χ2v) is 6.30. The number of rotatable bonds is 9. The van der Waals surface area contributed by atoms with Crippen molar-refractivity contribution < 1.29 is 4.39 Å². The second-order valence-electron chi connectivity index (χ2n) is 6.30. The van der Waals surface area contributed by atoms with E-state index in [0.29, 0.717) is 5.92 Å². The molecule has 112 valence electrons. The molecule has 1 aliphatic rings. The van der Waals surface area contributed by atoms with Gasteiger partial charge in [-0.25, -0.2) is 4.39 Å². The van der Waals surface area contributed by atoms with Gasteiger partial charge < -0.3 is 5.32 Å². The summed E-state index contributed by atoms with van der Waals surface area (Å²) >= 11 is 0. The Morgan fingerprint density at radius 3 is 2.55 bits per heavy atom. The van der Waals surface area contributed by atoms with Crippen molar-refractivity contribution in [3.63, 3.8) is 0 Å². The summed E-state index contributed by atoms with van der Waals surface area (Å²) in [6.45, 7) is 5.64. The van der Waals surface area contributed by atoms with Crippen LogP contribution in [0.5, 0.6) is 0 Å². The van der Waals surface area contributed by atoms with Crippen LogP contribution in [0.2, 0.25) is 0 Å². The van der Waals surface area contributed by atoms with E-state index >= 15 is 0 Å². The third kappa shape index (κ3) is 5.24. The zero-order valence-electron chi connectivity index (χ0n) is 12.9. The van der Waals surface area contributed by atoms with Crippen LogP contribution in [0.4, 0.5) is 4.39 Å². The number of hydrogen-bond acceptors (Lipinski definition) is 1. The molecule has 0 heterocycles. The minimum absolute atomic E-state index is 0.112. The van der Waals surface area contributed by atoms with Crippen LogP contribution < -0.4 is 5.32 Å². The fraction of sp³-hybridized carbons (Fsp3) is 0.667. The maximum absolute atomic E-state index is 13.3. The maximum Gasteiger partial charge on any atom is 0.123 e. The van der Waals surface area contributed by atoms with E-state index in [9.17, 15) is 4.39 Å². The molecule has 1 aromatic rings. The first kappa shape index (κ1) is 15.5. The molecule has 20 heavy (non-hydrogen) atoms. The Labute approximate surface area is 123 Å². The van der Waals surface area contributed by atoms with Crippen LogP contribution in [-0.2, 0) is 6.42 Å². The SMILES string of the molecule is CCC(CC)CC(CNC1CC1)Cc1cccc(F)c1. The molecule has 1 fully saturated rings. The molecule has 1 aliphatic carbocycles. The lowest BCUT2D eigenvalue weighted by Gasteiger charge is -2.22. The molecule has 0 saturated heterocycles. The molecule has 1 N–H and O–H groups in total. The Morgan fingerprint density at radius 1 is 1.20 bits per heavy atom. The summed E-state index contributed by atoms with van der Waals surface area (Å²) in [6.07, 6.45) is 7.41. The lowest BCUT2D eigenvalue weighted by atomic mass is 9.86. The van der Waals surface area contributed by atoms with Gasteiger partial charge in [0, 0.05) is 6.04 Å². The van der Waals surface area contributed by atoms with Crippen LogP contribution in [0.15, 0.2) is 24.3 Å². The lowest BCUT2D eigenvalue weighted by molar-refractivity contribution is 0.337. The summed E-state index contributed by atoms with van der Waals surface area (Å²) in [7, 11) is 0. The Hall–Kier alpha value is -0.890. The average molecular weight is 277 g/mol. The van der Waals surface area contributed by atoms with E-state index in [1.807, 2.05) is 6.07 Å². The van der Waals surface area contributed by atoms with Crippen LogP contribution in [-0.4, -0.2) is 12.6 Å². The summed E-state index contributed by atoms with van der Waals surface area (Å²) in [6, 6.07) is 7.86. The smallest absolute Gasteiger partial charge is 0.123 e. The van der Waals surface area contributed by atoms with Gasteiger partial charge in [0.15, 0.2) is 0 Å². The number of benzene rings is 1. The molecular formula is C18H28FN. The zero-order valence-corrected chi connectivity index (χ0v) is 12.9. The van der Waals surface area contributed by atoms with Gasteiger partial charge in [0.25, 0.3) is 0 Å². The minimum atomic E-state index is -0.112. The first-order chi connectivity index (χ1) is 9.71. The van der Waals surface area contributed by atoms with Gasteiger partial charge in [0.2, 0.25) is 0 Å². The van der Waals surface area contributed by atoms with Crippen LogP contribution in [0.25, 0.3) is 0 Å². The van der Waals surface area contributed by atoms with Gasteiger partial charge >= 0.3 is 0 Å². The van der Waals surface area contributed by atoms with Crippen molar-refractivity contribution in [2.45, 2.75) is 58.4 Å². The Bertz CT molecular complexity index is 396.